The van der Waals surface area contributed by atoms with Crippen LogP contribution in [0.5, 0.6) is 0 Å². The summed E-state index contributed by atoms with van der Waals surface area (Å²) in [6, 6.07) is 3.27. The minimum absolute atomic E-state index is 0.0387. The summed E-state index contributed by atoms with van der Waals surface area (Å²) in [5, 5.41) is 9.31. The third kappa shape index (κ3) is 6.91. The Morgan fingerprint density at radius 2 is 1.95 bits per heavy atom. The normalized spacial score (nSPS) is 10.6. The summed E-state index contributed by atoms with van der Waals surface area (Å²) in [7, 11) is 0. The molecule has 0 bridgehead atoms. The Labute approximate surface area is 132 Å². The van der Waals surface area contributed by atoms with Crippen LogP contribution in [-0.2, 0) is 0 Å². The van der Waals surface area contributed by atoms with Crippen molar-refractivity contribution < 1.29 is 9.90 Å². The molecule has 1 heterocycles. The minimum atomic E-state index is -0.0387. The van der Waals surface area contributed by atoms with E-state index in [9.17, 15) is 4.79 Å². The highest BCUT2D eigenvalue weighted by Crippen LogP contribution is 2.12. The summed E-state index contributed by atoms with van der Waals surface area (Å²) in [5.41, 5.74) is 0.557. The lowest BCUT2D eigenvalue weighted by Crippen LogP contribution is -2.33. The molecule has 0 spiro atoms. The summed E-state index contributed by atoms with van der Waals surface area (Å²) in [4.78, 5) is 18.2. The Balaban J connectivity index is 2.56. The van der Waals surface area contributed by atoms with Gasteiger partial charge in [0.05, 0.1) is 0 Å². The van der Waals surface area contributed by atoms with Gasteiger partial charge in [0.25, 0.3) is 5.91 Å². The maximum Gasteiger partial charge on any atom is 0.254 e. The second-order valence-corrected chi connectivity index (χ2v) is 5.54. The molecule has 0 saturated carbocycles. The average molecular weight is 313 g/mol. The topological polar surface area (TPSA) is 53.4 Å². The van der Waals surface area contributed by atoms with E-state index in [0.29, 0.717) is 23.7 Å². The fraction of sp³-hybridized carbons (Fsp3) is 0.625. The minimum Gasteiger partial charge on any atom is -0.396 e. The van der Waals surface area contributed by atoms with E-state index in [2.05, 4.69) is 11.9 Å². The lowest BCUT2D eigenvalue weighted by atomic mass is 10.1. The van der Waals surface area contributed by atoms with Crippen LogP contribution in [0.25, 0.3) is 0 Å². The van der Waals surface area contributed by atoms with Crippen LogP contribution in [0.15, 0.2) is 18.3 Å². The molecule has 0 atom stereocenters. The fourth-order valence-electron chi connectivity index (χ4n) is 2.20. The molecular weight excluding hydrogens is 288 g/mol. The van der Waals surface area contributed by atoms with E-state index in [1.54, 1.807) is 23.2 Å². The van der Waals surface area contributed by atoms with Gasteiger partial charge in [-0.1, -0.05) is 44.2 Å². The van der Waals surface area contributed by atoms with Crippen molar-refractivity contribution >= 4 is 17.5 Å². The van der Waals surface area contributed by atoms with E-state index < -0.39 is 0 Å². The predicted octanol–water partition coefficient (Wildman–Crippen LogP) is 3.53. The maximum absolute atomic E-state index is 12.5. The van der Waals surface area contributed by atoms with Gasteiger partial charge in [0.1, 0.15) is 5.15 Å². The molecule has 0 aliphatic heterocycles. The number of nitrogens with zero attached hydrogens (tertiary/aromatic N) is 2. The summed E-state index contributed by atoms with van der Waals surface area (Å²) >= 11 is 5.84. The third-order valence-corrected chi connectivity index (χ3v) is 3.59. The van der Waals surface area contributed by atoms with Gasteiger partial charge in [-0.15, -0.1) is 0 Å². The van der Waals surface area contributed by atoms with Crippen LogP contribution in [0, 0.1) is 0 Å². The number of aliphatic hydroxyl groups is 1. The molecular formula is C16H25ClN2O2. The van der Waals surface area contributed by atoms with Crippen LogP contribution in [0.1, 0.15) is 55.8 Å². The molecule has 0 fully saturated rings. The average Bonchev–Trinajstić information content (AvgIpc) is 2.49. The number of hydrogen-bond acceptors (Lipinski definition) is 3. The number of carbonyl (C=O) groups is 1. The third-order valence-electron chi connectivity index (χ3n) is 3.38. The van der Waals surface area contributed by atoms with E-state index in [-0.39, 0.29) is 12.5 Å². The smallest absolute Gasteiger partial charge is 0.254 e. The van der Waals surface area contributed by atoms with Crippen LogP contribution >= 0.6 is 11.6 Å². The van der Waals surface area contributed by atoms with Crippen molar-refractivity contribution in [3.8, 4) is 0 Å². The number of halogens is 1. The Hall–Kier alpha value is -1.13. The molecule has 0 aliphatic carbocycles. The van der Waals surface area contributed by atoms with E-state index >= 15 is 0 Å². The van der Waals surface area contributed by atoms with Gasteiger partial charge in [-0.25, -0.2) is 4.98 Å². The largest absolute Gasteiger partial charge is 0.396 e. The van der Waals surface area contributed by atoms with Crippen molar-refractivity contribution in [2.45, 2.75) is 45.4 Å². The monoisotopic (exact) mass is 312 g/mol. The van der Waals surface area contributed by atoms with Crippen LogP contribution in [0.2, 0.25) is 5.15 Å². The van der Waals surface area contributed by atoms with Gasteiger partial charge in [0.15, 0.2) is 0 Å². The quantitative estimate of drug-likeness (QED) is 0.531. The second-order valence-electron chi connectivity index (χ2n) is 5.15. The highest BCUT2D eigenvalue weighted by molar-refractivity contribution is 6.29. The van der Waals surface area contributed by atoms with Crippen molar-refractivity contribution in [2.24, 2.45) is 0 Å². The first-order valence-corrected chi connectivity index (χ1v) is 8.08. The molecule has 0 saturated heterocycles. The SMILES string of the molecule is CCCCCCCN(CCCO)C(=O)c1ccnc(Cl)c1. The second kappa shape index (κ2) is 10.6. The maximum atomic E-state index is 12.5. The lowest BCUT2D eigenvalue weighted by Gasteiger charge is -2.22. The first-order valence-electron chi connectivity index (χ1n) is 7.70. The number of carbonyl (C=O) groups excluding carboxylic acids is 1. The number of pyridine rings is 1. The number of amides is 1. The molecule has 21 heavy (non-hydrogen) atoms. The summed E-state index contributed by atoms with van der Waals surface area (Å²) < 4.78 is 0. The van der Waals surface area contributed by atoms with E-state index in [4.69, 9.17) is 16.7 Å². The molecule has 1 aromatic rings. The van der Waals surface area contributed by atoms with Crippen molar-refractivity contribution in [1.29, 1.82) is 0 Å². The number of hydrogen-bond donors (Lipinski definition) is 1. The van der Waals surface area contributed by atoms with Gasteiger partial charge < -0.3 is 10.0 Å². The lowest BCUT2D eigenvalue weighted by molar-refractivity contribution is 0.0741. The van der Waals surface area contributed by atoms with Gasteiger partial charge >= 0.3 is 0 Å². The Morgan fingerprint density at radius 1 is 1.24 bits per heavy atom. The molecule has 5 heteroatoms. The zero-order chi connectivity index (χ0) is 15.5. The summed E-state index contributed by atoms with van der Waals surface area (Å²) in [6.07, 6.45) is 7.93. The van der Waals surface area contributed by atoms with Gasteiger partial charge in [-0.3, -0.25) is 4.79 Å². The molecule has 0 unspecified atom stereocenters. The van der Waals surface area contributed by atoms with Crippen molar-refractivity contribution in [3.05, 3.63) is 29.0 Å². The Kier molecular flexibility index (Phi) is 9.02. The molecule has 1 N–H and O–H groups in total. The standard InChI is InChI=1S/C16H25ClN2O2/c1-2-3-4-5-6-10-19(11-7-12-20)16(21)14-8-9-18-15(17)13-14/h8-9,13,20H,2-7,10-12H2,1H3. The van der Waals surface area contributed by atoms with Gasteiger partial charge in [-0.05, 0) is 25.0 Å². The summed E-state index contributed by atoms with van der Waals surface area (Å²) in [5.74, 6) is -0.0387. The highest BCUT2D eigenvalue weighted by atomic mass is 35.5. The van der Waals surface area contributed by atoms with Crippen LogP contribution in [0.4, 0.5) is 0 Å². The zero-order valence-corrected chi connectivity index (χ0v) is 13.5. The van der Waals surface area contributed by atoms with Crippen LogP contribution in [-0.4, -0.2) is 40.6 Å². The number of aliphatic hydroxyl groups excluding tert-OH is 1. The Bertz CT molecular complexity index is 426. The van der Waals surface area contributed by atoms with Crippen molar-refractivity contribution in [1.82, 2.24) is 9.88 Å². The van der Waals surface area contributed by atoms with Gasteiger partial charge in [0, 0.05) is 31.5 Å². The molecule has 1 amide bonds. The summed E-state index contributed by atoms with van der Waals surface area (Å²) in [6.45, 7) is 3.58. The number of unbranched alkanes of at least 4 members (excludes halogenated alkanes) is 4. The number of aromatic nitrogens is 1. The van der Waals surface area contributed by atoms with E-state index in [1.165, 1.54) is 19.3 Å². The first-order chi connectivity index (χ1) is 10.2. The van der Waals surface area contributed by atoms with Gasteiger partial charge in [0.2, 0.25) is 0 Å². The molecule has 0 aromatic carbocycles. The van der Waals surface area contributed by atoms with Crippen LogP contribution < -0.4 is 0 Å². The van der Waals surface area contributed by atoms with E-state index in [0.717, 1.165) is 19.4 Å². The molecule has 0 aliphatic rings. The molecule has 118 valence electrons. The van der Waals surface area contributed by atoms with Crippen molar-refractivity contribution in [2.75, 3.05) is 19.7 Å². The predicted molar refractivity (Wildman–Crippen MR) is 85.6 cm³/mol. The zero-order valence-electron chi connectivity index (χ0n) is 12.7. The van der Waals surface area contributed by atoms with Crippen molar-refractivity contribution in [3.63, 3.8) is 0 Å². The fourth-order valence-corrected chi connectivity index (χ4v) is 2.37. The molecule has 4 nitrogen and oxygen atoms in total. The molecule has 1 rings (SSSR count). The van der Waals surface area contributed by atoms with E-state index in [1.807, 2.05) is 0 Å². The number of rotatable bonds is 10. The molecule has 1 aromatic heterocycles. The first kappa shape index (κ1) is 17.9. The Morgan fingerprint density at radius 3 is 2.62 bits per heavy atom. The highest BCUT2D eigenvalue weighted by Gasteiger charge is 2.15. The molecule has 0 radical (unpaired) electrons. The van der Waals surface area contributed by atoms with Gasteiger partial charge in [-0.2, -0.15) is 0 Å². The van der Waals surface area contributed by atoms with Crippen LogP contribution in [0.3, 0.4) is 0 Å².